The highest BCUT2D eigenvalue weighted by atomic mass is 15.1. The molecule has 0 saturated heterocycles. The smallest absolute Gasteiger partial charge is 0.112 e. The molecule has 1 heterocycles. The third kappa shape index (κ3) is 5.02. The Morgan fingerprint density at radius 1 is 0.812 bits per heavy atom. The molecule has 4 aromatic rings. The highest BCUT2D eigenvalue weighted by Crippen LogP contribution is 2.44. The van der Waals surface area contributed by atoms with E-state index in [-0.39, 0.29) is 5.41 Å². The molecule has 0 N–H and O–H groups in total. The topological polar surface area (TPSA) is 17.8 Å². The Labute approximate surface area is 193 Å². The summed E-state index contributed by atoms with van der Waals surface area (Å²) in [5, 5.41) is 0. The van der Waals surface area contributed by atoms with E-state index in [0.29, 0.717) is 5.92 Å². The second-order valence-corrected chi connectivity index (χ2v) is 9.04. The highest BCUT2D eigenvalue weighted by molar-refractivity contribution is 5.33. The average molecular weight is 423 g/mol. The number of imidazole rings is 1. The molecule has 3 aromatic carbocycles. The van der Waals surface area contributed by atoms with Gasteiger partial charge in [0.2, 0.25) is 0 Å². The van der Waals surface area contributed by atoms with Gasteiger partial charge in [-0.15, -0.1) is 0 Å². The fourth-order valence-corrected chi connectivity index (χ4v) is 4.95. The Balaban J connectivity index is 1.78. The van der Waals surface area contributed by atoms with Gasteiger partial charge in [-0.1, -0.05) is 118 Å². The zero-order valence-electron chi connectivity index (χ0n) is 19.3. The molecule has 4 rings (SSSR count). The summed E-state index contributed by atoms with van der Waals surface area (Å²) < 4.78 is 2.36. The molecule has 0 radical (unpaired) electrons. The van der Waals surface area contributed by atoms with Crippen molar-refractivity contribution in [3.8, 4) is 0 Å². The summed E-state index contributed by atoms with van der Waals surface area (Å²) in [7, 11) is 0. The molecule has 0 saturated carbocycles. The summed E-state index contributed by atoms with van der Waals surface area (Å²) in [4.78, 5) is 4.96. The van der Waals surface area contributed by atoms with E-state index in [1.165, 1.54) is 35.4 Å². The Hall–Kier alpha value is -3.13. The molecule has 0 amide bonds. The Morgan fingerprint density at radius 2 is 1.41 bits per heavy atom. The van der Waals surface area contributed by atoms with E-state index in [1.807, 2.05) is 6.20 Å². The molecule has 2 atom stereocenters. The first-order valence-corrected chi connectivity index (χ1v) is 11.8. The van der Waals surface area contributed by atoms with Crippen LogP contribution in [0.4, 0.5) is 0 Å². The van der Waals surface area contributed by atoms with Gasteiger partial charge in [0.1, 0.15) is 5.82 Å². The van der Waals surface area contributed by atoms with E-state index in [2.05, 4.69) is 116 Å². The predicted molar refractivity (Wildman–Crippen MR) is 134 cm³/mol. The highest BCUT2D eigenvalue weighted by Gasteiger charge is 2.39. The number of aromatic nitrogens is 2. The summed E-state index contributed by atoms with van der Waals surface area (Å²) in [6.45, 7) is 5.58. The normalized spacial score (nSPS) is 14.1. The minimum absolute atomic E-state index is 0.0580. The third-order valence-electron chi connectivity index (χ3n) is 6.72. The second kappa shape index (κ2) is 10.5. The van der Waals surface area contributed by atoms with Crippen LogP contribution >= 0.6 is 0 Å². The van der Waals surface area contributed by atoms with Crippen molar-refractivity contribution >= 4 is 0 Å². The van der Waals surface area contributed by atoms with Crippen LogP contribution in [0.1, 0.15) is 61.5 Å². The maximum atomic E-state index is 4.96. The minimum atomic E-state index is -0.0580. The van der Waals surface area contributed by atoms with Crippen LogP contribution in [0.5, 0.6) is 0 Å². The largest absolute Gasteiger partial charge is 0.330 e. The van der Waals surface area contributed by atoms with E-state index in [1.54, 1.807) is 0 Å². The minimum Gasteiger partial charge on any atom is -0.330 e. The van der Waals surface area contributed by atoms with Crippen molar-refractivity contribution in [2.75, 3.05) is 0 Å². The first-order chi connectivity index (χ1) is 15.7. The quantitative estimate of drug-likeness (QED) is 0.260. The fraction of sp³-hybridized carbons (Fsp3) is 0.300. The van der Waals surface area contributed by atoms with E-state index in [9.17, 15) is 0 Å². The van der Waals surface area contributed by atoms with Crippen LogP contribution in [-0.2, 0) is 18.4 Å². The predicted octanol–water partition coefficient (Wildman–Crippen LogP) is 7.41. The zero-order valence-corrected chi connectivity index (χ0v) is 19.3. The van der Waals surface area contributed by atoms with Crippen molar-refractivity contribution in [1.29, 1.82) is 0 Å². The summed E-state index contributed by atoms with van der Waals surface area (Å²) in [5.41, 5.74) is 4.02. The van der Waals surface area contributed by atoms with Gasteiger partial charge >= 0.3 is 0 Å². The van der Waals surface area contributed by atoms with Gasteiger partial charge in [0, 0.05) is 30.3 Å². The molecule has 2 nitrogen and oxygen atoms in total. The van der Waals surface area contributed by atoms with Gasteiger partial charge in [-0.2, -0.15) is 0 Å². The first-order valence-electron chi connectivity index (χ1n) is 11.8. The lowest BCUT2D eigenvalue weighted by atomic mass is 9.66. The van der Waals surface area contributed by atoms with Crippen molar-refractivity contribution in [2.24, 2.45) is 0 Å². The van der Waals surface area contributed by atoms with Crippen molar-refractivity contribution < 1.29 is 0 Å². The van der Waals surface area contributed by atoms with Crippen molar-refractivity contribution in [2.45, 2.75) is 57.4 Å². The first kappa shape index (κ1) is 22.1. The molecule has 0 aliphatic carbocycles. The van der Waals surface area contributed by atoms with Gasteiger partial charge < -0.3 is 4.57 Å². The van der Waals surface area contributed by atoms with Crippen LogP contribution in [0.25, 0.3) is 0 Å². The fourth-order valence-electron chi connectivity index (χ4n) is 4.95. The van der Waals surface area contributed by atoms with Crippen molar-refractivity contribution in [3.05, 3.63) is 126 Å². The van der Waals surface area contributed by atoms with Gasteiger partial charge in [0.05, 0.1) is 0 Å². The number of benzene rings is 3. The summed E-state index contributed by atoms with van der Waals surface area (Å²) in [6.07, 6.45) is 8.62. The SMILES string of the molecule is CCCCC(c1nccn1Cc1ccccc1)C(C)(Cc1ccccc1)c1ccccc1. The van der Waals surface area contributed by atoms with E-state index in [4.69, 9.17) is 4.98 Å². The Kier molecular flexibility index (Phi) is 7.21. The van der Waals surface area contributed by atoms with E-state index >= 15 is 0 Å². The maximum absolute atomic E-state index is 4.96. The standard InChI is InChI=1S/C30H34N2/c1-3-4-20-28(29-31-21-22-32(29)24-26-16-10-6-11-17-26)30(2,27-18-12-7-13-19-27)23-25-14-8-5-9-15-25/h5-19,21-22,28H,3-4,20,23-24H2,1-2H3. The molecule has 0 spiro atoms. The van der Waals surface area contributed by atoms with E-state index < -0.39 is 0 Å². The molecule has 0 bridgehead atoms. The van der Waals surface area contributed by atoms with Gasteiger partial charge in [0.25, 0.3) is 0 Å². The molecule has 164 valence electrons. The molecule has 0 aliphatic rings. The van der Waals surface area contributed by atoms with Crippen LogP contribution in [0.2, 0.25) is 0 Å². The Morgan fingerprint density at radius 3 is 2.03 bits per heavy atom. The lowest BCUT2D eigenvalue weighted by Crippen LogP contribution is -2.35. The zero-order chi connectivity index (χ0) is 22.2. The molecular formula is C30H34N2. The second-order valence-electron chi connectivity index (χ2n) is 9.04. The molecule has 2 unspecified atom stereocenters. The number of nitrogens with zero attached hydrogens (tertiary/aromatic N) is 2. The lowest BCUT2D eigenvalue weighted by Gasteiger charge is -2.39. The molecule has 0 fully saturated rings. The number of rotatable bonds is 10. The number of unbranched alkanes of at least 4 members (excludes halogenated alkanes) is 1. The molecule has 1 aromatic heterocycles. The molecule has 0 aliphatic heterocycles. The Bertz CT molecular complexity index is 1070. The summed E-state index contributed by atoms with van der Waals surface area (Å²) in [6, 6.07) is 32.7. The molecule has 2 heteroatoms. The van der Waals surface area contributed by atoms with Crippen molar-refractivity contribution in [1.82, 2.24) is 9.55 Å². The van der Waals surface area contributed by atoms with Crippen LogP contribution in [0, 0.1) is 0 Å². The van der Waals surface area contributed by atoms with Crippen LogP contribution in [0.3, 0.4) is 0 Å². The van der Waals surface area contributed by atoms with Gasteiger partial charge in [0.15, 0.2) is 0 Å². The van der Waals surface area contributed by atoms with Crippen LogP contribution in [0.15, 0.2) is 103 Å². The number of hydrogen-bond acceptors (Lipinski definition) is 1. The average Bonchev–Trinajstić information content (AvgIpc) is 3.29. The third-order valence-corrected chi connectivity index (χ3v) is 6.72. The van der Waals surface area contributed by atoms with Crippen LogP contribution in [-0.4, -0.2) is 9.55 Å². The monoisotopic (exact) mass is 422 g/mol. The molecular weight excluding hydrogens is 388 g/mol. The van der Waals surface area contributed by atoms with Gasteiger partial charge in [-0.05, 0) is 29.5 Å². The lowest BCUT2D eigenvalue weighted by molar-refractivity contribution is 0.327. The number of hydrogen-bond donors (Lipinski definition) is 0. The maximum Gasteiger partial charge on any atom is 0.112 e. The summed E-state index contributed by atoms with van der Waals surface area (Å²) >= 11 is 0. The molecule has 32 heavy (non-hydrogen) atoms. The van der Waals surface area contributed by atoms with Gasteiger partial charge in [-0.25, -0.2) is 4.98 Å². The van der Waals surface area contributed by atoms with E-state index in [0.717, 1.165) is 19.4 Å². The summed E-state index contributed by atoms with van der Waals surface area (Å²) in [5.74, 6) is 1.52. The van der Waals surface area contributed by atoms with Crippen molar-refractivity contribution in [3.63, 3.8) is 0 Å². The van der Waals surface area contributed by atoms with Gasteiger partial charge in [-0.3, -0.25) is 0 Å². The van der Waals surface area contributed by atoms with Crippen LogP contribution < -0.4 is 0 Å².